The number of likely N-dealkylation sites (N-methyl/N-ethyl adjacent to an activating group) is 1. The van der Waals surface area contributed by atoms with Gasteiger partial charge in [-0.2, -0.15) is 4.98 Å². The summed E-state index contributed by atoms with van der Waals surface area (Å²) in [5, 5.41) is 7.56. The van der Waals surface area contributed by atoms with Crippen molar-refractivity contribution in [3.63, 3.8) is 0 Å². The van der Waals surface area contributed by atoms with Crippen molar-refractivity contribution >= 4 is 0 Å². The Morgan fingerprint density at radius 2 is 2.33 bits per heavy atom. The number of aromatic nitrogens is 2. The smallest absolute Gasteiger partial charge is 0.228 e. The number of hydrogen-bond acceptors (Lipinski definition) is 5. The van der Waals surface area contributed by atoms with Crippen LogP contribution in [0.25, 0.3) is 0 Å². The van der Waals surface area contributed by atoms with Crippen molar-refractivity contribution in [3.8, 4) is 0 Å². The van der Waals surface area contributed by atoms with Gasteiger partial charge < -0.3 is 14.7 Å². The minimum atomic E-state index is 0.442. The van der Waals surface area contributed by atoms with Crippen LogP contribution in [0, 0.1) is 0 Å². The largest absolute Gasteiger partial charge is 0.339 e. The highest BCUT2D eigenvalue weighted by molar-refractivity contribution is 4.99. The Balaban J connectivity index is 1.62. The topological polar surface area (TPSA) is 54.2 Å². The number of rotatable bonds is 3. The molecule has 3 heterocycles. The highest BCUT2D eigenvalue weighted by Gasteiger charge is 2.25. The van der Waals surface area contributed by atoms with Gasteiger partial charge in [0.25, 0.3) is 0 Å². The first-order valence-corrected chi connectivity index (χ1v) is 7.06. The average molecular weight is 250 g/mol. The fourth-order valence-corrected chi connectivity index (χ4v) is 3.03. The van der Waals surface area contributed by atoms with Crippen LogP contribution < -0.4 is 5.32 Å². The summed E-state index contributed by atoms with van der Waals surface area (Å²) in [7, 11) is 2.18. The van der Waals surface area contributed by atoms with E-state index in [1.165, 1.54) is 32.2 Å². The van der Waals surface area contributed by atoms with Crippen molar-refractivity contribution in [1.82, 2.24) is 20.4 Å². The van der Waals surface area contributed by atoms with Gasteiger partial charge in [-0.05, 0) is 45.8 Å². The highest BCUT2D eigenvalue weighted by atomic mass is 16.5. The van der Waals surface area contributed by atoms with Gasteiger partial charge in [-0.3, -0.25) is 0 Å². The third kappa shape index (κ3) is 2.57. The maximum atomic E-state index is 5.41. The second kappa shape index (κ2) is 5.36. The number of nitrogens with zero attached hydrogens (tertiary/aromatic N) is 3. The zero-order chi connectivity index (χ0) is 12.4. The fraction of sp³-hybridized carbons (Fsp3) is 0.846. The molecule has 2 aliphatic heterocycles. The van der Waals surface area contributed by atoms with E-state index in [0.717, 1.165) is 31.2 Å². The van der Waals surface area contributed by atoms with Gasteiger partial charge in [-0.25, -0.2) is 0 Å². The van der Waals surface area contributed by atoms with Crippen LogP contribution in [0.1, 0.15) is 43.3 Å². The number of piperidine rings is 1. The summed E-state index contributed by atoms with van der Waals surface area (Å²) in [6.07, 6.45) is 5.83. The van der Waals surface area contributed by atoms with Gasteiger partial charge in [-0.15, -0.1) is 0 Å². The van der Waals surface area contributed by atoms with Gasteiger partial charge in [0, 0.05) is 24.9 Å². The third-order valence-corrected chi connectivity index (χ3v) is 4.23. The second-order valence-corrected chi connectivity index (χ2v) is 5.57. The average Bonchev–Trinajstić information content (AvgIpc) is 3.02. The molecule has 2 fully saturated rings. The maximum absolute atomic E-state index is 5.41. The van der Waals surface area contributed by atoms with Crippen molar-refractivity contribution in [2.45, 2.75) is 44.1 Å². The van der Waals surface area contributed by atoms with E-state index in [4.69, 9.17) is 4.52 Å². The molecule has 3 rings (SSSR count). The van der Waals surface area contributed by atoms with Crippen molar-refractivity contribution < 1.29 is 4.52 Å². The van der Waals surface area contributed by atoms with Gasteiger partial charge in [0.2, 0.25) is 5.89 Å². The van der Waals surface area contributed by atoms with Crippen molar-refractivity contribution in [3.05, 3.63) is 11.7 Å². The Morgan fingerprint density at radius 1 is 1.39 bits per heavy atom. The molecule has 0 saturated carbocycles. The zero-order valence-corrected chi connectivity index (χ0v) is 11.1. The molecule has 2 saturated heterocycles. The van der Waals surface area contributed by atoms with Crippen LogP contribution in [0.5, 0.6) is 0 Å². The van der Waals surface area contributed by atoms with E-state index in [1.54, 1.807) is 0 Å². The molecule has 0 aromatic carbocycles. The Kier molecular flexibility index (Phi) is 3.61. The molecular formula is C13H22N4O. The summed E-state index contributed by atoms with van der Waals surface area (Å²) in [5.41, 5.74) is 0. The first kappa shape index (κ1) is 12.1. The van der Waals surface area contributed by atoms with Crippen LogP contribution in [0.3, 0.4) is 0 Å². The molecule has 0 radical (unpaired) electrons. The molecule has 100 valence electrons. The van der Waals surface area contributed by atoms with E-state index >= 15 is 0 Å². The molecule has 0 spiro atoms. The molecule has 18 heavy (non-hydrogen) atoms. The first-order chi connectivity index (χ1) is 8.83. The molecule has 0 aliphatic carbocycles. The predicted molar refractivity (Wildman–Crippen MR) is 68.5 cm³/mol. The van der Waals surface area contributed by atoms with Gasteiger partial charge in [0.05, 0.1) is 0 Å². The van der Waals surface area contributed by atoms with Crippen LogP contribution in [-0.2, 0) is 6.42 Å². The molecule has 0 bridgehead atoms. The lowest BCUT2D eigenvalue weighted by Crippen LogP contribution is -2.29. The monoisotopic (exact) mass is 250 g/mol. The predicted octanol–water partition coefficient (Wildman–Crippen LogP) is 1.17. The summed E-state index contributed by atoms with van der Waals surface area (Å²) in [4.78, 5) is 6.98. The fourth-order valence-electron chi connectivity index (χ4n) is 3.03. The Labute approximate surface area is 108 Å². The zero-order valence-electron chi connectivity index (χ0n) is 11.1. The number of likely N-dealkylation sites (tertiary alicyclic amines) is 1. The van der Waals surface area contributed by atoms with E-state index in [0.29, 0.717) is 12.0 Å². The lowest BCUT2D eigenvalue weighted by molar-refractivity contribution is 0.277. The summed E-state index contributed by atoms with van der Waals surface area (Å²) < 4.78 is 5.41. The maximum Gasteiger partial charge on any atom is 0.228 e. The Hall–Kier alpha value is -0.940. The standard InChI is InChI=1S/C13H22N4O/c1-17-7-3-5-11(17)8-12-15-13(16-18-12)10-4-2-6-14-9-10/h10-11,14H,2-9H2,1H3. The molecule has 2 unspecified atom stereocenters. The summed E-state index contributed by atoms with van der Waals surface area (Å²) >= 11 is 0. The second-order valence-electron chi connectivity index (χ2n) is 5.57. The Morgan fingerprint density at radius 3 is 3.06 bits per heavy atom. The van der Waals surface area contributed by atoms with Gasteiger partial charge in [-0.1, -0.05) is 5.16 Å². The van der Waals surface area contributed by atoms with E-state index < -0.39 is 0 Å². The van der Waals surface area contributed by atoms with Crippen molar-refractivity contribution in [2.24, 2.45) is 0 Å². The van der Waals surface area contributed by atoms with E-state index in [-0.39, 0.29) is 0 Å². The summed E-state index contributed by atoms with van der Waals surface area (Å²) in [6, 6.07) is 0.586. The summed E-state index contributed by atoms with van der Waals surface area (Å²) in [6.45, 7) is 3.30. The van der Waals surface area contributed by atoms with Gasteiger partial charge >= 0.3 is 0 Å². The van der Waals surface area contributed by atoms with E-state index in [9.17, 15) is 0 Å². The molecule has 5 heteroatoms. The molecule has 2 atom stereocenters. The summed E-state index contributed by atoms with van der Waals surface area (Å²) in [5.74, 6) is 2.16. The Bertz CT molecular complexity index is 386. The third-order valence-electron chi connectivity index (χ3n) is 4.23. The van der Waals surface area contributed by atoms with E-state index in [2.05, 4.69) is 27.4 Å². The molecule has 1 N–H and O–H groups in total. The lowest BCUT2D eigenvalue weighted by atomic mass is 9.99. The van der Waals surface area contributed by atoms with Crippen LogP contribution in [-0.4, -0.2) is 47.8 Å². The first-order valence-electron chi connectivity index (χ1n) is 7.06. The van der Waals surface area contributed by atoms with Crippen LogP contribution in [0.15, 0.2) is 4.52 Å². The number of nitrogens with one attached hydrogen (secondary N) is 1. The van der Waals surface area contributed by atoms with Crippen LogP contribution in [0.2, 0.25) is 0 Å². The molecule has 0 amide bonds. The molecule has 5 nitrogen and oxygen atoms in total. The minimum absolute atomic E-state index is 0.442. The van der Waals surface area contributed by atoms with Crippen LogP contribution >= 0.6 is 0 Å². The van der Waals surface area contributed by atoms with E-state index in [1.807, 2.05) is 0 Å². The molecular weight excluding hydrogens is 228 g/mol. The minimum Gasteiger partial charge on any atom is -0.339 e. The molecule has 1 aromatic heterocycles. The molecule has 2 aliphatic rings. The van der Waals surface area contributed by atoms with Crippen LogP contribution in [0.4, 0.5) is 0 Å². The number of hydrogen-bond donors (Lipinski definition) is 1. The van der Waals surface area contributed by atoms with Crippen molar-refractivity contribution in [2.75, 3.05) is 26.7 Å². The highest BCUT2D eigenvalue weighted by Crippen LogP contribution is 2.22. The quantitative estimate of drug-likeness (QED) is 0.873. The van der Waals surface area contributed by atoms with Gasteiger partial charge in [0.1, 0.15) is 0 Å². The SMILES string of the molecule is CN1CCCC1Cc1nc(C2CCCNC2)no1. The lowest BCUT2D eigenvalue weighted by Gasteiger charge is -2.19. The molecule has 1 aromatic rings. The van der Waals surface area contributed by atoms with Gasteiger partial charge in [0.15, 0.2) is 5.82 Å². The van der Waals surface area contributed by atoms with Crippen molar-refractivity contribution in [1.29, 1.82) is 0 Å². The normalized spacial score (nSPS) is 29.8.